The molecule has 0 spiro atoms. The van der Waals surface area contributed by atoms with E-state index in [0.717, 1.165) is 17.7 Å². The molecule has 2 amide bonds. The molecule has 0 aliphatic carbocycles. The summed E-state index contributed by atoms with van der Waals surface area (Å²) in [5.41, 5.74) is 2.75. The van der Waals surface area contributed by atoms with E-state index in [9.17, 15) is 4.79 Å². The van der Waals surface area contributed by atoms with E-state index in [2.05, 4.69) is 39.7 Å². The van der Waals surface area contributed by atoms with E-state index in [-0.39, 0.29) is 6.03 Å². The highest BCUT2D eigenvalue weighted by molar-refractivity contribution is 7.18. The van der Waals surface area contributed by atoms with Crippen molar-refractivity contribution in [1.29, 1.82) is 0 Å². The van der Waals surface area contributed by atoms with E-state index in [1.807, 2.05) is 30.3 Å². The van der Waals surface area contributed by atoms with Gasteiger partial charge in [-0.3, -0.25) is 10.3 Å². The highest BCUT2D eigenvalue weighted by Gasteiger charge is 2.11. The second-order valence-corrected chi connectivity index (χ2v) is 7.38. The highest BCUT2D eigenvalue weighted by atomic mass is 32.1. The van der Waals surface area contributed by atoms with Gasteiger partial charge in [0.15, 0.2) is 5.01 Å². The molecule has 0 aliphatic heterocycles. The predicted molar refractivity (Wildman–Crippen MR) is 107 cm³/mol. The van der Waals surface area contributed by atoms with Crippen LogP contribution in [0, 0.1) is 5.92 Å². The number of urea groups is 1. The molecule has 3 aromatic rings. The first kappa shape index (κ1) is 18.8. The van der Waals surface area contributed by atoms with E-state index >= 15 is 0 Å². The van der Waals surface area contributed by atoms with Crippen molar-refractivity contribution in [2.75, 3.05) is 17.7 Å². The number of rotatable bonds is 6. The molecule has 140 valence electrons. The van der Waals surface area contributed by atoms with Crippen LogP contribution in [0.3, 0.4) is 0 Å². The number of anilines is 2. The zero-order chi connectivity index (χ0) is 19.2. The lowest BCUT2D eigenvalue weighted by Crippen LogP contribution is -2.19. The fraction of sp³-hybridized carbons (Fsp3) is 0.263. The number of benzene rings is 1. The molecule has 0 saturated heterocycles. The van der Waals surface area contributed by atoms with Gasteiger partial charge in [-0.15, -0.1) is 10.2 Å². The molecule has 2 heterocycles. The van der Waals surface area contributed by atoms with Crippen LogP contribution < -0.4 is 15.4 Å². The molecule has 0 bridgehead atoms. The van der Waals surface area contributed by atoms with Gasteiger partial charge in [-0.05, 0) is 36.1 Å². The number of carbonyl (C=O) groups is 1. The Kier molecular flexibility index (Phi) is 5.97. The van der Waals surface area contributed by atoms with Gasteiger partial charge in [-0.1, -0.05) is 37.3 Å². The second-order valence-electron chi connectivity index (χ2n) is 6.40. The number of nitrogens with one attached hydrogen (secondary N) is 2. The molecule has 0 aliphatic rings. The molecule has 0 radical (unpaired) electrons. The minimum atomic E-state index is -0.363. The quantitative estimate of drug-likeness (QED) is 0.656. The van der Waals surface area contributed by atoms with Crippen molar-refractivity contribution >= 4 is 28.2 Å². The van der Waals surface area contributed by atoms with Crippen LogP contribution >= 0.6 is 11.3 Å². The first-order valence-electron chi connectivity index (χ1n) is 8.53. The Morgan fingerprint density at radius 2 is 1.93 bits per heavy atom. The number of pyridine rings is 1. The van der Waals surface area contributed by atoms with Gasteiger partial charge in [0.2, 0.25) is 5.13 Å². The summed E-state index contributed by atoms with van der Waals surface area (Å²) < 4.78 is 5.16. The summed E-state index contributed by atoms with van der Waals surface area (Å²) in [5.74, 6) is 1.23. The number of amides is 2. The third-order valence-corrected chi connectivity index (χ3v) is 4.58. The molecule has 1 aromatic carbocycles. The van der Waals surface area contributed by atoms with Crippen LogP contribution in [-0.2, 0) is 6.42 Å². The number of methoxy groups -OCH3 is 1. The van der Waals surface area contributed by atoms with Gasteiger partial charge in [0.1, 0.15) is 5.75 Å². The molecule has 0 unspecified atom stereocenters. The van der Waals surface area contributed by atoms with Gasteiger partial charge < -0.3 is 10.1 Å². The third kappa shape index (κ3) is 5.24. The lowest BCUT2D eigenvalue weighted by atomic mass is 10.0. The number of hydrogen-bond acceptors (Lipinski definition) is 6. The summed E-state index contributed by atoms with van der Waals surface area (Å²) in [6, 6.07) is 9.28. The fourth-order valence-electron chi connectivity index (χ4n) is 2.49. The van der Waals surface area contributed by atoms with Crippen LogP contribution in [0.25, 0.3) is 10.6 Å². The van der Waals surface area contributed by atoms with Crippen LogP contribution in [0.2, 0.25) is 0 Å². The standard InChI is InChI=1S/C19H21N5O2S/c1-12(2)8-13-4-6-15(7-5-13)21-18(25)22-19-24-23-17(27-19)14-9-16(26-3)11-20-10-14/h4-7,9-12H,8H2,1-3H3,(H2,21,22,24,25). The Hall–Kier alpha value is -3.00. The largest absolute Gasteiger partial charge is 0.495 e. The Morgan fingerprint density at radius 3 is 2.63 bits per heavy atom. The van der Waals surface area contributed by atoms with E-state index in [0.29, 0.717) is 21.8 Å². The number of carbonyl (C=O) groups excluding carboxylic acids is 1. The van der Waals surface area contributed by atoms with Gasteiger partial charge in [0.25, 0.3) is 0 Å². The van der Waals surface area contributed by atoms with Gasteiger partial charge >= 0.3 is 6.03 Å². The van der Waals surface area contributed by atoms with Gasteiger partial charge in [-0.25, -0.2) is 4.79 Å². The maximum atomic E-state index is 12.2. The van der Waals surface area contributed by atoms with Crippen LogP contribution in [0.15, 0.2) is 42.7 Å². The average molecular weight is 383 g/mol. The topological polar surface area (TPSA) is 89.0 Å². The maximum Gasteiger partial charge on any atom is 0.325 e. The normalized spacial score (nSPS) is 10.7. The molecular formula is C19H21N5O2S. The zero-order valence-corrected chi connectivity index (χ0v) is 16.2. The van der Waals surface area contributed by atoms with Crippen molar-refractivity contribution in [3.63, 3.8) is 0 Å². The smallest absolute Gasteiger partial charge is 0.325 e. The van der Waals surface area contributed by atoms with E-state index in [1.54, 1.807) is 19.5 Å². The van der Waals surface area contributed by atoms with Crippen molar-refractivity contribution in [3.05, 3.63) is 48.3 Å². The summed E-state index contributed by atoms with van der Waals surface area (Å²) in [6.07, 6.45) is 4.30. The number of aromatic nitrogens is 3. The summed E-state index contributed by atoms with van der Waals surface area (Å²) in [7, 11) is 1.58. The number of hydrogen-bond donors (Lipinski definition) is 2. The second kappa shape index (κ2) is 8.59. The zero-order valence-electron chi connectivity index (χ0n) is 15.4. The summed E-state index contributed by atoms with van der Waals surface area (Å²) in [4.78, 5) is 16.3. The first-order chi connectivity index (χ1) is 13.0. The van der Waals surface area contributed by atoms with Crippen molar-refractivity contribution in [2.24, 2.45) is 5.92 Å². The average Bonchev–Trinajstić information content (AvgIpc) is 3.11. The number of ether oxygens (including phenoxy) is 1. The molecule has 0 atom stereocenters. The van der Waals surface area contributed by atoms with Crippen molar-refractivity contribution in [2.45, 2.75) is 20.3 Å². The molecule has 3 rings (SSSR count). The van der Waals surface area contributed by atoms with Crippen molar-refractivity contribution < 1.29 is 9.53 Å². The van der Waals surface area contributed by atoms with E-state index < -0.39 is 0 Å². The van der Waals surface area contributed by atoms with Gasteiger partial charge in [0, 0.05) is 17.4 Å². The summed E-state index contributed by atoms with van der Waals surface area (Å²) in [5, 5.41) is 14.6. The molecule has 27 heavy (non-hydrogen) atoms. The van der Waals surface area contributed by atoms with Crippen LogP contribution in [-0.4, -0.2) is 28.3 Å². The Morgan fingerprint density at radius 1 is 1.15 bits per heavy atom. The fourth-order valence-corrected chi connectivity index (χ4v) is 3.21. The first-order valence-corrected chi connectivity index (χ1v) is 9.35. The summed E-state index contributed by atoms with van der Waals surface area (Å²) in [6.45, 7) is 4.36. The molecule has 2 N–H and O–H groups in total. The van der Waals surface area contributed by atoms with Crippen LogP contribution in [0.1, 0.15) is 19.4 Å². The Bertz CT molecular complexity index is 908. The van der Waals surface area contributed by atoms with Crippen LogP contribution in [0.4, 0.5) is 15.6 Å². The molecule has 8 heteroatoms. The van der Waals surface area contributed by atoms with E-state index in [4.69, 9.17) is 4.74 Å². The van der Waals surface area contributed by atoms with Crippen molar-refractivity contribution in [1.82, 2.24) is 15.2 Å². The molecule has 0 fully saturated rings. The highest BCUT2D eigenvalue weighted by Crippen LogP contribution is 2.28. The van der Waals surface area contributed by atoms with Gasteiger partial charge in [-0.2, -0.15) is 0 Å². The van der Waals surface area contributed by atoms with Gasteiger partial charge in [0.05, 0.1) is 13.3 Å². The Balaban J connectivity index is 1.60. The lowest BCUT2D eigenvalue weighted by Gasteiger charge is -2.08. The number of nitrogens with zero attached hydrogens (tertiary/aromatic N) is 3. The summed E-state index contributed by atoms with van der Waals surface area (Å²) >= 11 is 1.26. The lowest BCUT2D eigenvalue weighted by molar-refractivity contribution is 0.262. The molecule has 7 nitrogen and oxygen atoms in total. The minimum Gasteiger partial charge on any atom is -0.495 e. The third-order valence-electron chi connectivity index (χ3n) is 3.70. The van der Waals surface area contributed by atoms with E-state index in [1.165, 1.54) is 16.9 Å². The minimum absolute atomic E-state index is 0.363. The SMILES string of the molecule is COc1cncc(-c2nnc(NC(=O)Nc3ccc(CC(C)C)cc3)s2)c1. The Labute approximate surface area is 161 Å². The maximum absolute atomic E-state index is 12.2. The van der Waals surface area contributed by atoms with Crippen LogP contribution in [0.5, 0.6) is 5.75 Å². The molecular weight excluding hydrogens is 362 g/mol. The van der Waals surface area contributed by atoms with Crippen molar-refractivity contribution in [3.8, 4) is 16.3 Å². The monoisotopic (exact) mass is 383 g/mol. The predicted octanol–water partition coefficient (Wildman–Crippen LogP) is 4.45. The molecule has 0 saturated carbocycles. The molecule has 2 aromatic heterocycles.